The molecule has 15 nitrogen and oxygen atoms in total. The zero-order valence-electron chi connectivity index (χ0n) is 41.0. The van der Waals surface area contributed by atoms with Gasteiger partial charge in [0, 0.05) is 18.7 Å². The summed E-state index contributed by atoms with van der Waals surface area (Å²) in [7, 11) is 2.59. The number of imidazole rings is 1. The molecule has 4 amide bonds. The first kappa shape index (κ1) is 45.9. The fraction of sp³-hybridized carbons (Fsp3) is 0.509. The van der Waals surface area contributed by atoms with Crippen LogP contribution in [0.4, 0.5) is 9.59 Å². The minimum Gasteiger partial charge on any atom is -0.453 e. The molecule has 8 atom stereocenters. The Morgan fingerprint density at radius 2 is 1.11 bits per heavy atom. The van der Waals surface area contributed by atoms with Crippen molar-refractivity contribution in [1.82, 2.24) is 40.4 Å². The SMILES string of the molecule is COC(=O)N[C@H](C(=O)N1CCC[C@H]1c1ncc(-c2ccc(-c3ccc(-c4ccc5nc([C@@H]6CCCN6C(=O)[C@@H](NC(=O)OC)C(C)C)[nH]c(=O)c5c4)c4c3C3CCC4C3)c3c2C2CCC3C2)[nH]1)C(C)C. The number of methoxy groups -OCH3 is 2. The molecule has 4 heterocycles. The van der Waals surface area contributed by atoms with Crippen molar-refractivity contribution in [2.24, 2.45) is 11.8 Å². The van der Waals surface area contributed by atoms with Gasteiger partial charge in [-0.15, -0.1) is 0 Å². The maximum Gasteiger partial charge on any atom is 0.407 e. The number of ether oxygens (including phenoxy) is 2. The number of hydrogen-bond acceptors (Lipinski definition) is 9. The molecule has 0 spiro atoms. The molecule has 0 radical (unpaired) electrons. The van der Waals surface area contributed by atoms with Gasteiger partial charge in [-0.1, -0.05) is 58.0 Å². The van der Waals surface area contributed by atoms with Gasteiger partial charge in [0.2, 0.25) is 11.8 Å². The molecule has 70 heavy (non-hydrogen) atoms. The molecule has 366 valence electrons. The molecule has 4 fully saturated rings. The first-order valence-corrected chi connectivity index (χ1v) is 25.6. The minimum atomic E-state index is -0.768. The minimum absolute atomic E-state index is 0.111. The van der Waals surface area contributed by atoms with Gasteiger partial charge in [-0.05, 0) is 156 Å². The van der Waals surface area contributed by atoms with Crippen LogP contribution in [0.2, 0.25) is 0 Å². The van der Waals surface area contributed by atoms with Crippen molar-refractivity contribution in [2.45, 2.75) is 140 Å². The van der Waals surface area contributed by atoms with E-state index < -0.39 is 30.3 Å². The van der Waals surface area contributed by atoms with Gasteiger partial charge in [-0.3, -0.25) is 14.4 Å². The van der Waals surface area contributed by atoms with E-state index in [4.69, 9.17) is 19.4 Å². The standard InChI is InChI=1S/C55H64N8O7/c1-27(2)47(59-54(67)69-5)52(65)62-21-7-9-41(62)49-56-26-40(58-49)37-19-18-36(45-32-13-14-33(24-32)46(37)45)35-17-16-34(43-30-11-12-31(23-30)44(35)43)29-15-20-39-38(25-29)51(64)61-50(57-39)42-10-8-22-63(42)53(66)48(28(3)4)60-55(68)70-6/h15-20,25-28,30-33,41-42,47-48H,7-14,21-24H2,1-6H3,(H,56,58)(H,59,67)(H,60,68)(H,57,61,64)/t30?,31?,32?,33?,41-,42-,47-,48-/m0/s1. The summed E-state index contributed by atoms with van der Waals surface area (Å²) in [6, 6.07) is 13.2. The van der Waals surface area contributed by atoms with E-state index >= 15 is 0 Å². The van der Waals surface area contributed by atoms with Crippen LogP contribution in [0.1, 0.15) is 162 Å². The lowest BCUT2D eigenvalue weighted by Crippen LogP contribution is -2.51. The maximum absolute atomic E-state index is 14.0. The summed E-state index contributed by atoms with van der Waals surface area (Å²) in [4.78, 5) is 86.4. The summed E-state index contributed by atoms with van der Waals surface area (Å²) in [6.45, 7) is 8.72. The maximum atomic E-state index is 14.0. The number of rotatable bonds is 11. The number of hydrogen-bond donors (Lipinski definition) is 4. The lowest BCUT2D eigenvalue weighted by molar-refractivity contribution is -0.136. The van der Waals surface area contributed by atoms with Gasteiger partial charge in [-0.25, -0.2) is 19.6 Å². The number of benzene rings is 3. The number of nitrogens with one attached hydrogen (secondary N) is 4. The largest absolute Gasteiger partial charge is 0.453 e. The second kappa shape index (κ2) is 18.0. The average molecular weight is 949 g/mol. The lowest BCUT2D eigenvalue weighted by Gasteiger charge is -2.30. The van der Waals surface area contributed by atoms with Crippen molar-refractivity contribution in [1.29, 1.82) is 0 Å². The van der Waals surface area contributed by atoms with Crippen LogP contribution in [-0.2, 0) is 19.1 Å². The summed E-state index contributed by atoms with van der Waals surface area (Å²) in [5.74, 6) is 2.53. The molecule has 11 rings (SSSR count). The van der Waals surface area contributed by atoms with Crippen LogP contribution >= 0.6 is 0 Å². The second-order valence-corrected chi connectivity index (χ2v) is 21.3. The van der Waals surface area contributed by atoms with Crippen LogP contribution in [0, 0.1) is 11.8 Å². The van der Waals surface area contributed by atoms with Crippen molar-refractivity contribution in [2.75, 3.05) is 27.3 Å². The van der Waals surface area contributed by atoms with Crippen LogP contribution in [0.15, 0.2) is 53.5 Å². The quantitative estimate of drug-likeness (QED) is 0.0999. The highest BCUT2D eigenvalue weighted by molar-refractivity contribution is 5.90. The second-order valence-electron chi connectivity index (χ2n) is 21.3. The van der Waals surface area contributed by atoms with Crippen LogP contribution in [0.25, 0.3) is 44.4 Å². The molecule has 2 aromatic heterocycles. The predicted octanol–water partition coefficient (Wildman–Crippen LogP) is 9.46. The van der Waals surface area contributed by atoms with E-state index in [-0.39, 0.29) is 35.3 Å². The van der Waals surface area contributed by atoms with Crippen molar-refractivity contribution in [3.05, 3.63) is 92.9 Å². The highest BCUT2D eigenvalue weighted by Gasteiger charge is 2.45. The summed E-state index contributed by atoms with van der Waals surface area (Å²) < 4.78 is 9.65. The molecule has 4 unspecified atom stereocenters. The molecule has 5 aromatic rings. The molecule has 2 saturated carbocycles. The van der Waals surface area contributed by atoms with Crippen molar-refractivity contribution in [3.8, 4) is 33.5 Å². The van der Waals surface area contributed by atoms with E-state index in [9.17, 15) is 24.0 Å². The Morgan fingerprint density at radius 1 is 0.629 bits per heavy atom. The Labute approximate surface area is 407 Å². The van der Waals surface area contributed by atoms with Gasteiger partial charge in [0.25, 0.3) is 5.56 Å². The molecule has 4 aliphatic carbocycles. The number of H-pyrrole nitrogens is 2. The summed E-state index contributed by atoms with van der Waals surface area (Å²) in [5.41, 5.74) is 13.2. The summed E-state index contributed by atoms with van der Waals surface area (Å²) in [6.07, 6.45) is 10.7. The molecular weight excluding hydrogens is 885 g/mol. The average Bonchev–Trinajstić information content (AvgIpc) is 4.24. The van der Waals surface area contributed by atoms with Gasteiger partial charge in [0.1, 0.15) is 23.7 Å². The molecule has 2 aliphatic heterocycles. The number of fused-ring (bicyclic) bond motifs is 11. The molecule has 3 aromatic carbocycles. The molecule has 15 heteroatoms. The first-order chi connectivity index (χ1) is 33.8. The number of aromatic amines is 2. The van der Waals surface area contributed by atoms with Crippen molar-refractivity contribution < 1.29 is 28.7 Å². The van der Waals surface area contributed by atoms with Crippen LogP contribution in [-0.4, -0.2) is 93.1 Å². The molecular formula is C55H64N8O7. The molecule has 4 N–H and O–H groups in total. The number of nitrogens with zero attached hydrogens (tertiary/aromatic N) is 4. The number of alkyl carbamates (subject to hydrolysis) is 2. The Hall–Kier alpha value is -6.51. The van der Waals surface area contributed by atoms with E-state index in [0.29, 0.717) is 59.9 Å². The highest BCUT2D eigenvalue weighted by atomic mass is 16.5. The number of aromatic nitrogens is 4. The zero-order chi connectivity index (χ0) is 48.7. The Kier molecular flexibility index (Phi) is 11.8. The Morgan fingerprint density at radius 3 is 1.64 bits per heavy atom. The summed E-state index contributed by atoms with van der Waals surface area (Å²) >= 11 is 0. The summed E-state index contributed by atoms with van der Waals surface area (Å²) in [5, 5.41) is 5.97. The van der Waals surface area contributed by atoms with Crippen LogP contribution < -0.4 is 16.2 Å². The molecule has 6 aliphatic rings. The van der Waals surface area contributed by atoms with E-state index in [2.05, 4.69) is 50.9 Å². The smallest absolute Gasteiger partial charge is 0.407 e. The van der Waals surface area contributed by atoms with E-state index in [0.717, 1.165) is 55.6 Å². The van der Waals surface area contributed by atoms with Gasteiger partial charge >= 0.3 is 12.2 Å². The topological polar surface area (TPSA) is 192 Å². The van der Waals surface area contributed by atoms with Gasteiger partial charge in [0.05, 0.1) is 49.1 Å². The van der Waals surface area contributed by atoms with E-state index in [1.54, 1.807) is 4.90 Å². The van der Waals surface area contributed by atoms with Gasteiger partial charge in [0.15, 0.2) is 0 Å². The van der Waals surface area contributed by atoms with E-state index in [1.165, 1.54) is 78.0 Å². The number of carbonyl (C=O) groups is 4. The number of likely N-dealkylation sites (tertiary alicyclic amines) is 2. The highest BCUT2D eigenvalue weighted by Crippen LogP contribution is 2.62. The monoisotopic (exact) mass is 948 g/mol. The fourth-order valence-corrected chi connectivity index (χ4v) is 13.5. The lowest BCUT2D eigenvalue weighted by atomic mass is 9.77. The zero-order valence-corrected chi connectivity index (χ0v) is 41.0. The van der Waals surface area contributed by atoms with Crippen molar-refractivity contribution >= 4 is 34.9 Å². The van der Waals surface area contributed by atoms with E-state index in [1.807, 2.05) is 50.9 Å². The number of amides is 4. The van der Waals surface area contributed by atoms with Crippen LogP contribution in [0.3, 0.4) is 0 Å². The Balaban J connectivity index is 0.905. The third-order valence-electron chi connectivity index (χ3n) is 16.8. The van der Waals surface area contributed by atoms with Gasteiger partial charge in [-0.2, -0.15) is 0 Å². The third-order valence-corrected chi connectivity index (χ3v) is 16.8. The predicted molar refractivity (Wildman–Crippen MR) is 265 cm³/mol. The van der Waals surface area contributed by atoms with Crippen LogP contribution in [0.5, 0.6) is 0 Å². The van der Waals surface area contributed by atoms with Gasteiger partial charge < -0.3 is 39.9 Å². The molecule has 2 saturated heterocycles. The normalized spacial score (nSPS) is 23.8. The fourth-order valence-electron chi connectivity index (χ4n) is 13.5. The first-order valence-electron chi connectivity index (χ1n) is 25.6. The number of carbonyl (C=O) groups excluding carboxylic acids is 4. The molecule has 4 bridgehead atoms. The Bertz CT molecular complexity index is 2990. The third kappa shape index (κ3) is 7.65. The van der Waals surface area contributed by atoms with Crippen molar-refractivity contribution in [3.63, 3.8) is 0 Å².